The van der Waals surface area contributed by atoms with Gasteiger partial charge in [-0.3, -0.25) is 5.41 Å². The number of aromatic hydroxyl groups is 1. The molecule has 0 spiro atoms. The number of benzene rings is 1. The minimum Gasteiger partial charge on any atom is -0.507 e. The Morgan fingerprint density at radius 2 is 2.15 bits per heavy atom. The summed E-state index contributed by atoms with van der Waals surface area (Å²) in [6, 6.07) is 6.60. The zero-order valence-electron chi connectivity index (χ0n) is 7.07. The Labute approximate surface area is 76.6 Å². The van der Waals surface area contributed by atoms with E-state index in [1.54, 1.807) is 18.2 Å². The van der Waals surface area contributed by atoms with E-state index in [0.717, 1.165) is 0 Å². The monoisotopic (exact) mass is 174 g/mol. The van der Waals surface area contributed by atoms with Gasteiger partial charge in [0.2, 0.25) is 0 Å². The van der Waals surface area contributed by atoms with Crippen LogP contribution in [0.1, 0.15) is 5.56 Å². The topological polar surface area (TPSA) is 56.4 Å². The van der Waals surface area contributed by atoms with Crippen molar-refractivity contribution in [2.24, 2.45) is 4.99 Å². The van der Waals surface area contributed by atoms with Gasteiger partial charge in [-0.25, -0.2) is 4.99 Å². The number of hydrogen-bond acceptors (Lipinski definition) is 2. The number of nitrogens with one attached hydrogen (secondary N) is 1. The number of phenols is 1. The summed E-state index contributed by atoms with van der Waals surface area (Å²) in [4.78, 5) is 3.75. The highest BCUT2D eigenvalue weighted by atomic mass is 16.3. The molecule has 0 saturated heterocycles. The number of para-hydroxylation sites is 1. The fourth-order valence-electron chi connectivity index (χ4n) is 0.871. The Hall–Kier alpha value is -1.90. The molecule has 0 amide bonds. The highest BCUT2D eigenvalue weighted by Crippen LogP contribution is 2.15. The molecule has 0 aliphatic heterocycles. The van der Waals surface area contributed by atoms with Crippen molar-refractivity contribution < 1.29 is 5.11 Å². The molecule has 0 bridgehead atoms. The van der Waals surface area contributed by atoms with Crippen LogP contribution in [0.15, 0.2) is 41.9 Å². The minimum atomic E-state index is 0.0259. The van der Waals surface area contributed by atoms with E-state index in [0.29, 0.717) is 5.56 Å². The molecule has 3 nitrogen and oxygen atoms in total. The van der Waals surface area contributed by atoms with Gasteiger partial charge >= 0.3 is 0 Å². The summed E-state index contributed by atoms with van der Waals surface area (Å²) in [6.07, 6.45) is 2.89. The summed E-state index contributed by atoms with van der Waals surface area (Å²) < 4.78 is 0. The fraction of sp³-hybridized carbons (Fsp3) is 0. The predicted octanol–water partition coefficient (Wildman–Crippen LogP) is 1.97. The third kappa shape index (κ3) is 2.27. The maximum absolute atomic E-state index is 9.34. The fourth-order valence-corrected chi connectivity index (χ4v) is 0.871. The van der Waals surface area contributed by atoms with E-state index in [4.69, 9.17) is 5.41 Å². The third-order valence-corrected chi connectivity index (χ3v) is 1.47. The van der Waals surface area contributed by atoms with Crippen LogP contribution in [0, 0.1) is 5.41 Å². The zero-order valence-corrected chi connectivity index (χ0v) is 7.07. The van der Waals surface area contributed by atoms with E-state index < -0.39 is 0 Å². The summed E-state index contributed by atoms with van der Waals surface area (Å²) in [5, 5.41) is 16.8. The molecule has 0 aromatic heterocycles. The summed E-state index contributed by atoms with van der Waals surface area (Å²) in [5.41, 5.74) is 0.417. The zero-order chi connectivity index (χ0) is 9.68. The first-order valence-electron chi connectivity index (χ1n) is 3.77. The van der Waals surface area contributed by atoms with Gasteiger partial charge < -0.3 is 5.11 Å². The number of amidine groups is 1. The van der Waals surface area contributed by atoms with Crippen LogP contribution in [0.2, 0.25) is 0 Å². The minimum absolute atomic E-state index is 0.0259. The Balaban J connectivity index is 2.95. The highest BCUT2D eigenvalue weighted by molar-refractivity contribution is 6.03. The largest absolute Gasteiger partial charge is 0.507 e. The van der Waals surface area contributed by atoms with Crippen molar-refractivity contribution in [3.05, 3.63) is 42.5 Å². The molecule has 0 unspecified atom stereocenters. The molecular weight excluding hydrogens is 164 g/mol. The van der Waals surface area contributed by atoms with Gasteiger partial charge in [-0.1, -0.05) is 24.8 Å². The van der Waals surface area contributed by atoms with Gasteiger partial charge in [-0.2, -0.15) is 0 Å². The molecule has 0 saturated carbocycles. The number of rotatable bonds is 2. The van der Waals surface area contributed by atoms with Gasteiger partial charge in [0.1, 0.15) is 5.75 Å². The average molecular weight is 174 g/mol. The van der Waals surface area contributed by atoms with E-state index in [9.17, 15) is 5.11 Å². The Morgan fingerprint density at radius 3 is 2.77 bits per heavy atom. The van der Waals surface area contributed by atoms with Gasteiger partial charge in [-0.15, -0.1) is 0 Å². The first kappa shape index (κ1) is 9.19. The maximum atomic E-state index is 9.34. The molecule has 1 aromatic carbocycles. The molecule has 0 heterocycles. The first-order chi connectivity index (χ1) is 6.25. The van der Waals surface area contributed by atoms with Gasteiger partial charge in [0.25, 0.3) is 0 Å². The van der Waals surface area contributed by atoms with Crippen LogP contribution in [-0.2, 0) is 0 Å². The lowest BCUT2D eigenvalue weighted by atomic mass is 10.2. The molecule has 3 heteroatoms. The van der Waals surface area contributed by atoms with Gasteiger partial charge in [0, 0.05) is 6.21 Å². The molecule has 0 atom stereocenters. The molecule has 66 valence electrons. The molecule has 13 heavy (non-hydrogen) atoms. The molecule has 0 aliphatic rings. The average Bonchev–Trinajstić information content (AvgIpc) is 2.15. The smallest absolute Gasteiger partial charge is 0.155 e. The van der Waals surface area contributed by atoms with Crippen LogP contribution >= 0.6 is 0 Å². The Bertz CT molecular complexity index is 356. The van der Waals surface area contributed by atoms with Crippen molar-refractivity contribution in [1.82, 2.24) is 0 Å². The van der Waals surface area contributed by atoms with Crippen LogP contribution in [-0.4, -0.2) is 17.2 Å². The van der Waals surface area contributed by atoms with Crippen LogP contribution in [0.3, 0.4) is 0 Å². The number of nitrogens with zero attached hydrogens (tertiary/aromatic N) is 1. The lowest BCUT2D eigenvalue weighted by Crippen LogP contribution is -1.94. The lowest BCUT2D eigenvalue weighted by molar-refractivity contribution is 0.474. The van der Waals surface area contributed by atoms with Gasteiger partial charge in [0.05, 0.1) is 5.56 Å². The SMILES string of the molecule is C=CC=NC(=N)c1ccccc1O. The third-order valence-electron chi connectivity index (χ3n) is 1.47. The molecule has 2 N–H and O–H groups in total. The van der Waals surface area contributed by atoms with Gasteiger partial charge in [0.15, 0.2) is 5.84 Å². The molecular formula is C10H10N2O. The van der Waals surface area contributed by atoms with Crippen LogP contribution < -0.4 is 0 Å². The van der Waals surface area contributed by atoms with Crippen LogP contribution in [0.25, 0.3) is 0 Å². The first-order valence-corrected chi connectivity index (χ1v) is 3.77. The quantitative estimate of drug-likeness (QED) is 0.522. The Morgan fingerprint density at radius 1 is 1.46 bits per heavy atom. The second-order valence-corrected chi connectivity index (χ2v) is 2.38. The van der Waals surface area contributed by atoms with E-state index >= 15 is 0 Å². The summed E-state index contributed by atoms with van der Waals surface area (Å²) in [7, 11) is 0. The van der Waals surface area contributed by atoms with E-state index in [1.165, 1.54) is 18.4 Å². The summed E-state index contributed by atoms with van der Waals surface area (Å²) in [5.74, 6) is 0.0895. The molecule has 0 aliphatic carbocycles. The second kappa shape index (κ2) is 4.21. The molecule has 0 fully saturated rings. The standard InChI is InChI=1S/C10H10N2O/c1-2-7-12-10(11)8-5-3-4-6-9(8)13/h2-7,11,13H,1H2. The van der Waals surface area contributed by atoms with Crippen LogP contribution in [0.4, 0.5) is 0 Å². The molecule has 1 aromatic rings. The Kier molecular flexibility index (Phi) is 2.97. The lowest BCUT2D eigenvalue weighted by Gasteiger charge is -1.99. The maximum Gasteiger partial charge on any atom is 0.155 e. The number of hydrogen-bond donors (Lipinski definition) is 2. The number of phenolic OH excluding ortho intramolecular Hbond substituents is 1. The van der Waals surface area contributed by atoms with E-state index in [2.05, 4.69) is 11.6 Å². The van der Waals surface area contributed by atoms with Crippen molar-refractivity contribution in [2.75, 3.05) is 0 Å². The van der Waals surface area contributed by atoms with Crippen molar-refractivity contribution in [3.8, 4) is 5.75 Å². The van der Waals surface area contributed by atoms with Crippen molar-refractivity contribution in [2.45, 2.75) is 0 Å². The summed E-state index contributed by atoms with van der Waals surface area (Å²) >= 11 is 0. The summed E-state index contributed by atoms with van der Waals surface area (Å²) in [6.45, 7) is 3.44. The van der Waals surface area contributed by atoms with Gasteiger partial charge in [-0.05, 0) is 12.1 Å². The second-order valence-electron chi connectivity index (χ2n) is 2.38. The van der Waals surface area contributed by atoms with Crippen LogP contribution in [0.5, 0.6) is 5.75 Å². The number of aliphatic imine (C=N–C) groups is 1. The molecule has 1 rings (SSSR count). The van der Waals surface area contributed by atoms with E-state index in [-0.39, 0.29) is 11.6 Å². The van der Waals surface area contributed by atoms with Crippen molar-refractivity contribution >= 4 is 12.1 Å². The van der Waals surface area contributed by atoms with E-state index in [1.807, 2.05) is 0 Å². The highest BCUT2D eigenvalue weighted by Gasteiger charge is 2.02. The number of allylic oxidation sites excluding steroid dienone is 1. The normalized spacial score (nSPS) is 10.2. The van der Waals surface area contributed by atoms with Crippen molar-refractivity contribution in [3.63, 3.8) is 0 Å². The van der Waals surface area contributed by atoms with Crippen molar-refractivity contribution in [1.29, 1.82) is 5.41 Å². The predicted molar refractivity (Wildman–Crippen MR) is 53.6 cm³/mol. The molecule has 0 radical (unpaired) electrons.